The van der Waals surface area contributed by atoms with Crippen LogP contribution in [0.1, 0.15) is 46.1 Å². The maximum atomic E-state index is 12.9. The first kappa shape index (κ1) is 21.2. The lowest BCUT2D eigenvalue weighted by molar-refractivity contribution is -0.112. The molecule has 31 heavy (non-hydrogen) atoms. The van der Waals surface area contributed by atoms with Gasteiger partial charge in [0.25, 0.3) is 5.91 Å². The van der Waals surface area contributed by atoms with Crippen molar-refractivity contribution in [2.45, 2.75) is 32.6 Å². The lowest BCUT2D eigenvalue weighted by Gasteiger charge is -2.12. The first-order chi connectivity index (χ1) is 15.0. The van der Waals surface area contributed by atoms with E-state index in [-0.39, 0.29) is 19.0 Å². The molecule has 1 aliphatic carbocycles. The van der Waals surface area contributed by atoms with E-state index in [4.69, 9.17) is 25.8 Å². The molecule has 4 rings (SSSR count). The van der Waals surface area contributed by atoms with Crippen molar-refractivity contribution in [1.29, 1.82) is 5.26 Å². The zero-order valence-electron chi connectivity index (χ0n) is 16.7. The summed E-state index contributed by atoms with van der Waals surface area (Å²) in [5, 5.41) is 13.1. The standard InChI is InChI=1S/C22H19ClN2O5S/c1-2-28-22(27)19-14-5-3-4-6-18(14)31-21(19)25-20(26)13(10-24)7-12-8-16-17(9-15(12)23)30-11-29-16/h7-9H,2-6,11H2,1H3,(H,25,26)/b13-7+. The first-order valence-corrected chi connectivity index (χ1v) is 11.0. The molecule has 0 unspecified atom stereocenters. The molecule has 1 aromatic heterocycles. The fourth-order valence-corrected chi connectivity index (χ4v) is 5.07. The van der Waals surface area contributed by atoms with Crippen LogP contribution in [0.15, 0.2) is 17.7 Å². The van der Waals surface area contributed by atoms with Crippen LogP contribution < -0.4 is 14.8 Å². The Kier molecular flexibility index (Phi) is 6.16. The van der Waals surface area contributed by atoms with Gasteiger partial charge in [0.2, 0.25) is 6.79 Å². The van der Waals surface area contributed by atoms with Crippen molar-refractivity contribution in [3.05, 3.63) is 44.3 Å². The van der Waals surface area contributed by atoms with Crippen LogP contribution in [0.2, 0.25) is 5.02 Å². The van der Waals surface area contributed by atoms with Crippen LogP contribution >= 0.6 is 22.9 Å². The number of carbonyl (C=O) groups excluding carboxylic acids is 2. The number of esters is 1. The predicted octanol–water partition coefficient (Wildman–Crippen LogP) is 4.73. The number of aryl methyl sites for hydroxylation is 1. The Morgan fingerprint density at radius 2 is 2.03 bits per heavy atom. The molecule has 1 amide bonds. The number of nitrogens with zero attached hydrogens (tertiary/aromatic N) is 1. The third kappa shape index (κ3) is 4.24. The Morgan fingerprint density at radius 3 is 2.77 bits per heavy atom. The molecule has 0 saturated carbocycles. The number of benzene rings is 1. The van der Waals surface area contributed by atoms with E-state index >= 15 is 0 Å². The molecule has 2 aromatic rings. The number of anilines is 1. The monoisotopic (exact) mass is 458 g/mol. The summed E-state index contributed by atoms with van der Waals surface area (Å²) < 4.78 is 15.8. The van der Waals surface area contributed by atoms with Crippen molar-refractivity contribution in [1.82, 2.24) is 0 Å². The molecule has 160 valence electrons. The van der Waals surface area contributed by atoms with Gasteiger partial charge >= 0.3 is 5.97 Å². The minimum atomic E-state index is -0.625. The van der Waals surface area contributed by atoms with Crippen molar-refractivity contribution >= 4 is 45.9 Å². The Hall–Kier alpha value is -3.02. The molecule has 9 heteroatoms. The highest BCUT2D eigenvalue weighted by atomic mass is 35.5. The number of halogens is 1. The second-order valence-electron chi connectivity index (χ2n) is 6.99. The predicted molar refractivity (Wildman–Crippen MR) is 117 cm³/mol. The summed E-state index contributed by atoms with van der Waals surface area (Å²) in [5.74, 6) is -0.0869. The highest BCUT2D eigenvalue weighted by Crippen LogP contribution is 2.40. The van der Waals surface area contributed by atoms with Crippen LogP contribution in [0.25, 0.3) is 6.08 Å². The van der Waals surface area contributed by atoms with E-state index < -0.39 is 11.9 Å². The zero-order chi connectivity index (χ0) is 22.0. The fraction of sp³-hybridized carbons (Fsp3) is 0.318. The van der Waals surface area contributed by atoms with Gasteiger partial charge in [0.1, 0.15) is 16.6 Å². The van der Waals surface area contributed by atoms with Gasteiger partial charge in [-0.15, -0.1) is 11.3 Å². The van der Waals surface area contributed by atoms with Gasteiger partial charge in [-0.05, 0) is 55.9 Å². The summed E-state index contributed by atoms with van der Waals surface area (Å²) in [5.41, 5.74) is 1.63. The second kappa shape index (κ2) is 9.00. The van der Waals surface area contributed by atoms with Gasteiger partial charge < -0.3 is 19.5 Å². The SMILES string of the molecule is CCOC(=O)c1c(NC(=O)/C(C#N)=C/c2cc3c(cc2Cl)OCO3)sc2c1CCCC2. The van der Waals surface area contributed by atoms with Crippen molar-refractivity contribution in [3.8, 4) is 17.6 Å². The largest absolute Gasteiger partial charge is 0.462 e. The van der Waals surface area contributed by atoms with Crippen LogP contribution in [-0.4, -0.2) is 25.3 Å². The van der Waals surface area contributed by atoms with Gasteiger partial charge in [0, 0.05) is 10.9 Å². The number of amides is 1. The molecule has 0 bridgehead atoms. The summed E-state index contributed by atoms with van der Waals surface area (Å²) in [6.07, 6.45) is 5.03. The summed E-state index contributed by atoms with van der Waals surface area (Å²) in [4.78, 5) is 26.5. The number of rotatable bonds is 5. The minimum Gasteiger partial charge on any atom is -0.462 e. The number of fused-ring (bicyclic) bond motifs is 2. The number of hydrogen-bond acceptors (Lipinski definition) is 7. The lowest BCUT2D eigenvalue weighted by atomic mass is 9.95. The van der Waals surface area contributed by atoms with Gasteiger partial charge in [-0.25, -0.2) is 4.79 Å². The van der Waals surface area contributed by atoms with E-state index in [0.717, 1.165) is 36.1 Å². The molecular weight excluding hydrogens is 440 g/mol. The van der Waals surface area contributed by atoms with Gasteiger partial charge in [-0.2, -0.15) is 5.26 Å². The quantitative estimate of drug-likeness (QED) is 0.395. The van der Waals surface area contributed by atoms with E-state index in [1.807, 2.05) is 6.07 Å². The number of hydrogen-bond donors (Lipinski definition) is 1. The van der Waals surface area contributed by atoms with E-state index in [1.165, 1.54) is 17.4 Å². The van der Waals surface area contributed by atoms with E-state index in [0.29, 0.717) is 32.6 Å². The maximum Gasteiger partial charge on any atom is 0.341 e. The topological polar surface area (TPSA) is 97.7 Å². The normalized spacial score (nSPS) is 14.5. The zero-order valence-corrected chi connectivity index (χ0v) is 18.3. The average Bonchev–Trinajstić information content (AvgIpc) is 3.35. The van der Waals surface area contributed by atoms with Crippen molar-refractivity contribution < 1.29 is 23.8 Å². The third-order valence-electron chi connectivity index (χ3n) is 5.03. The van der Waals surface area contributed by atoms with Gasteiger partial charge in [-0.1, -0.05) is 11.6 Å². The van der Waals surface area contributed by atoms with Crippen LogP contribution in [0.4, 0.5) is 5.00 Å². The summed E-state index contributed by atoms with van der Waals surface area (Å²) in [6.45, 7) is 2.06. The third-order valence-corrected chi connectivity index (χ3v) is 6.57. The molecule has 0 radical (unpaired) electrons. The molecule has 2 aliphatic rings. The van der Waals surface area contributed by atoms with Crippen LogP contribution in [-0.2, 0) is 22.4 Å². The summed E-state index contributed by atoms with van der Waals surface area (Å²) >= 11 is 7.63. The molecule has 0 saturated heterocycles. The number of nitriles is 1. The summed E-state index contributed by atoms with van der Waals surface area (Å²) in [7, 11) is 0. The molecule has 0 spiro atoms. The number of carbonyl (C=O) groups is 2. The second-order valence-corrected chi connectivity index (χ2v) is 8.50. The Bertz CT molecular complexity index is 1130. The van der Waals surface area contributed by atoms with E-state index in [1.54, 1.807) is 19.1 Å². The Morgan fingerprint density at radius 1 is 1.29 bits per heavy atom. The van der Waals surface area contributed by atoms with E-state index in [2.05, 4.69) is 5.32 Å². The maximum absolute atomic E-state index is 12.9. The smallest absolute Gasteiger partial charge is 0.341 e. The highest BCUT2D eigenvalue weighted by molar-refractivity contribution is 7.17. The van der Waals surface area contributed by atoms with Crippen LogP contribution in [0.5, 0.6) is 11.5 Å². The van der Waals surface area contributed by atoms with Gasteiger partial charge in [0.05, 0.1) is 17.2 Å². The van der Waals surface area contributed by atoms with Gasteiger partial charge in [-0.3, -0.25) is 4.79 Å². The van der Waals surface area contributed by atoms with Crippen molar-refractivity contribution in [2.75, 3.05) is 18.7 Å². The molecule has 1 aromatic carbocycles. The molecule has 7 nitrogen and oxygen atoms in total. The minimum absolute atomic E-state index is 0.0874. The lowest BCUT2D eigenvalue weighted by Crippen LogP contribution is -2.16. The highest BCUT2D eigenvalue weighted by Gasteiger charge is 2.28. The van der Waals surface area contributed by atoms with Crippen LogP contribution in [0, 0.1) is 11.3 Å². The number of thiophene rings is 1. The van der Waals surface area contributed by atoms with Crippen LogP contribution in [0.3, 0.4) is 0 Å². The average molecular weight is 459 g/mol. The molecule has 1 N–H and O–H groups in total. The van der Waals surface area contributed by atoms with Crippen molar-refractivity contribution in [3.63, 3.8) is 0 Å². The number of ether oxygens (including phenoxy) is 3. The molecule has 0 fully saturated rings. The molecular formula is C22H19ClN2O5S. The molecule has 2 heterocycles. The molecule has 1 aliphatic heterocycles. The number of nitrogens with one attached hydrogen (secondary N) is 1. The first-order valence-electron chi connectivity index (χ1n) is 9.85. The Balaban J connectivity index is 1.64. The van der Waals surface area contributed by atoms with E-state index in [9.17, 15) is 14.9 Å². The van der Waals surface area contributed by atoms with Crippen molar-refractivity contribution in [2.24, 2.45) is 0 Å². The molecule has 0 atom stereocenters. The Labute approximate surface area is 188 Å². The van der Waals surface area contributed by atoms with Gasteiger partial charge in [0.15, 0.2) is 11.5 Å². The summed E-state index contributed by atoms with van der Waals surface area (Å²) in [6, 6.07) is 5.10. The fourth-order valence-electron chi connectivity index (χ4n) is 3.59.